The van der Waals surface area contributed by atoms with Crippen molar-refractivity contribution >= 4 is 0 Å². The van der Waals surface area contributed by atoms with E-state index in [1.165, 1.54) is 100 Å². The molecule has 1 nitrogen and oxygen atoms in total. The first kappa shape index (κ1) is 26.5. The largest absolute Gasteiger partial charge is 0.494 e. The molecule has 0 bridgehead atoms. The Balaban J connectivity index is 1.63. The van der Waals surface area contributed by atoms with E-state index in [0.29, 0.717) is 0 Å². The first-order valence-corrected chi connectivity index (χ1v) is 13.5. The highest BCUT2D eigenvalue weighted by atomic mass is 16.5. The van der Waals surface area contributed by atoms with Crippen LogP contribution >= 0.6 is 0 Å². The van der Waals surface area contributed by atoms with Gasteiger partial charge < -0.3 is 4.74 Å². The molecule has 178 valence electrons. The number of ether oxygens (including phenoxy) is 1. The third-order valence-corrected chi connectivity index (χ3v) is 6.77. The van der Waals surface area contributed by atoms with Crippen LogP contribution in [0.4, 0.5) is 0 Å². The Bertz CT molecular complexity index is 685. The number of hydrogen-bond donors (Lipinski definition) is 0. The van der Waals surface area contributed by atoms with Crippen LogP contribution in [0.25, 0.3) is 11.1 Å². The molecule has 0 spiro atoms. The number of rotatable bonds is 18. The van der Waals surface area contributed by atoms with Crippen LogP contribution in [-0.4, -0.2) is 6.61 Å². The standard InChI is InChI=1S/C31H48O/c1-4-6-7-8-9-10-11-14-17-28-18-20-29(21-19-28)30-22-24-31(25-23-30)32-26-15-12-13-16-27(3)5-2/h18-25,27H,4-17,26H2,1-3H3. The van der Waals surface area contributed by atoms with Gasteiger partial charge in [0.1, 0.15) is 5.75 Å². The fourth-order valence-electron chi connectivity index (χ4n) is 4.24. The number of benzene rings is 2. The summed E-state index contributed by atoms with van der Waals surface area (Å²) in [5.41, 5.74) is 4.03. The molecule has 2 aromatic carbocycles. The summed E-state index contributed by atoms with van der Waals surface area (Å²) >= 11 is 0. The number of hydrogen-bond acceptors (Lipinski definition) is 1. The van der Waals surface area contributed by atoms with Crippen LogP contribution in [0.3, 0.4) is 0 Å². The van der Waals surface area contributed by atoms with Gasteiger partial charge in [0, 0.05) is 0 Å². The zero-order valence-corrected chi connectivity index (χ0v) is 21.2. The van der Waals surface area contributed by atoms with Gasteiger partial charge in [0.2, 0.25) is 0 Å². The van der Waals surface area contributed by atoms with Crippen LogP contribution in [0.5, 0.6) is 5.75 Å². The zero-order chi connectivity index (χ0) is 22.9. The van der Waals surface area contributed by atoms with E-state index in [2.05, 4.69) is 69.3 Å². The van der Waals surface area contributed by atoms with E-state index >= 15 is 0 Å². The van der Waals surface area contributed by atoms with Gasteiger partial charge in [0.15, 0.2) is 0 Å². The molecule has 2 aromatic rings. The number of unbranched alkanes of at least 4 members (excludes halogenated alkanes) is 9. The molecule has 1 heteroatoms. The van der Waals surface area contributed by atoms with Crippen molar-refractivity contribution in [1.29, 1.82) is 0 Å². The molecule has 0 radical (unpaired) electrons. The van der Waals surface area contributed by atoms with E-state index in [-0.39, 0.29) is 0 Å². The summed E-state index contributed by atoms with van der Waals surface area (Å²) in [7, 11) is 0. The molecule has 0 saturated carbocycles. The molecule has 1 atom stereocenters. The van der Waals surface area contributed by atoms with Gasteiger partial charge in [-0.05, 0) is 54.0 Å². The van der Waals surface area contributed by atoms with Crippen LogP contribution in [0.2, 0.25) is 0 Å². The molecule has 32 heavy (non-hydrogen) atoms. The van der Waals surface area contributed by atoms with Crippen molar-refractivity contribution in [3.63, 3.8) is 0 Å². The normalized spacial score (nSPS) is 12.1. The molecular formula is C31H48O. The Morgan fingerprint density at radius 3 is 1.81 bits per heavy atom. The first-order valence-electron chi connectivity index (χ1n) is 13.5. The second kappa shape index (κ2) is 16.8. The smallest absolute Gasteiger partial charge is 0.119 e. The Hall–Kier alpha value is -1.76. The Morgan fingerprint density at radius 2 is 1.19 bits per heavy atom. The van der Waals surface area contributed by atoms with Crippen molar-refractivity contribution in [1.82, 2.24) is 0 Å². The van der Waals surface area contributed by atoms with Gasteiger partial charge in [-0.25, -0.2) is 0 Å². The van der Waals surface area contributed by atoms with Crippen LogP contribution in [0.1, 0.15) is 110 Å². The van der Waals surface area contributed by atoms with Crippen molar-refractivity contribution in [3.05, 3.63) is 54.1 Å². The lowest BCUT2D eigenvalue weighted by molar-refractivity contribution is 0.302. The van der Waals surface area contributed by atoms with E-state index in [1.807, 2.05) is 0 Å². The molecular weight excluding hydrogens is 388 g/mol. The van der Waals surface area contributed by atoms with Crippen molar-refractivity contribution in [2.24, 2.45) is 5.92 Å². The summed E-state index contributed by atoms with van der Waals surface area (Å²) in [6.45, 7) is 7.74. The molecule has 0 N–H and O–H groups in total. The highest BCUT2D eigenvalue weighted by molar-refractivity contribution is 5.64. The third kappa shape index (κ3) is 11.2. The summed E-state index contributed by atoms with van der Waals surface area (Å²) in [6, 6.07) is 17.8. The second-order valence-corrected chi connectivity index (χ2v) is 9.66. The first-order chi connectivity index (χ1) is 15.7. The molecule has 0 heterocycles. The lowest BCUT2D eigenvalue weighted by Gasteiger charge is -2.09. The fraction of sp³-hybridized carbons (Fsp3) is 0.613. The van der Waals surface area contributed by atoms with E-state index in [9.17, 15) is 0 Å². The minimum Gasteiger partial charge on any atom is -0.494 e. The van der Waals surface area contributed by atoms with Gasteiger partial charge in [-0.2, -0.15) is 0 Å². The van der Waals surface area contributed by atoms with Gasteiger partial charge in [0.05, 0.1) is 6.61 Å². The molecule has 0 aliphatic carbocycles. The zero-order valence-electron chi connectivity index (χ0n) is 21.2. The Morgan fingerprint density at radius 1 is 0.625 bits per heavy atom. The fourth-order valence-corrected chi connectivity index (χ4v) is 4.24. The van der Waals surface area contributed by atoms with Crippen LogP contribution < -0.4 is 4.74 Å². The summed E-state index contributed by atoms with van der Waals surface area (Å²) in [4.78, 5) is 0. The SMILES string of the molecule is CCCCCCCCCCc1ccc(-c2ccc(OCCCCCC(C)CC)cc2)cc1. The van der Waals surface area contributed by atoms with Crippen molar-refractivity contribution in [2.45, 2.75) is 111 Å². The summed E-state index contributed by atoms with van der Waals surface area (Å²) in [5.74, 6) is 1.85. The maximum absolute atomic E-state index is 5.94. The van der Waals surface area contributed by atoms with Crippen molar-refractivity contribution in [2.75, 3.05) is 6.61 Å². The Labute approximate surface area is 199 Å². The second-order valence-electron chi connectivity index (χ2n) is 9.66. The quantitative estimate of drug-likeness (QED) is 0.211. The molecule has 0 aliphatic rings. The minimum absolute atomic E-state index is 0.827. The molecule has 0 saturated heterocycles. The van der Waals surface area contributed by atoms with Gasteiger partial charge in [-0.3, -0.25) is 0 Å². The molecule has 0 fully saturated rings. The van der Waals surface area contributed by atoms with Gasteiger partial charge in [0.25, 0.3) is 0 Å². The van der Waals surface area contributed by atoms with E-state index in [1.54, 1.807) is 0 Å². The maximum atomic E-state index is 5.94. The Kier molecular flexibility index (Phi) is 13.9. The highest BCUT2D eigenvalue weighted by Crippen LogP contribution is 2.24. The molecule has 0 aliphatic heterocycles. The minimum atomic E-state index is 0.827. The van der Waals surface area contributed by atoms with E-state index in [0.717, 1.165) is 24.7 Å². The van der Waals surface area contributed by atoms with Crippen LogP contribution in [-0.2, 0) is 6.42 Å². The van der Waals surface area contributed by atoms with E-state index in [4.69, 9.17) is 4.74 Å². The molecule has 1 unspecified atom stereocenters. The summed E-state index contributed by atoms with van der Waals surface area (Å²) in [5, 5.41) is 0. The molecule has 0 amide bonds. The number of aryl methyl sites for hydroxylation is 1. The predicted octanol–water partition coefficient (Wildman–Crippen LogP) is 10.0. The molecule has 0 aromatic heterocycles. The van der Waals surface area contributed by atoms with E-state index < -0.39 is 0 Å². The predicted molar refractivity (Wildman–Crippen MR) is 142 cm³/mol. The third-order valence-electron chi connectivity index (χ3n) is 6.77. The topological polar surface area (TPSA) is 9.23 Å². The highest BCUT2D eigenvalue weighted by Gasteiger charge is 2.02. The molecule has 2 rings (SSSR count). The van der Waals surface area contributed by atoms with Crippen molar-refractivity contribution in [3.8, 4) is 16.9 Å². The van der Waals surface area contributed by atoms with Crippen molar-refractivity contribution < 1.29 is 4.74 Å². The van der Waals surface area contributed by atoms with Crippen LogP contribution in [0.15, 0.2) is 48.5 Å². The lowest BCUT2D eigenvalue weighted by Crippen LogP contribution is -1.98. The van der Waals surface area contributed by atoms with Gasteiger partial charge >= 0.3 is 0 Å². The van der Waals surface area contributed by atoms with Gasteiger partial charge in [-0.15, -0.1) is 0 Å². The van der Waals surface area contributed by atoms with Gasteiger partial charge in [-0.1, -0.05) is 128 Å². The summed E-state index contributed by atoms with van der Waals surface area (Å²) in [6.07, 6.45) is 18.7. The van der Waals surface area contributed by atoms with Crippen LogP contribution in [0, 0.1) is 5.92 Å². The lowest BCUT2D eigenvalue weighted by atomic mass is 10.0. The average Bonchev–Trinajstić information content (AvgIpc) is 2.83. The maximum Gasteiger partial charge on any atom is 0.119 e. The summed E-state index contributed by atoms with van der Waals surface area (Å²) < 4.78 is 5.94. The average molecular weight is 437 g/mol. The monoisotopic (exact) mass is 436 g/mol.